The zero-order valence-corrected chi connectivity index (χ0v) is 19.9. The SMILES string of the molecule is COc1ccc2scc(C(=O)N[C@H]3[C@H](CC=CCCCC(=O)O)C[C@@H]4C[C@H]3C4(C)C)c2c1. The van der Waals surface area contributed by atoms with Crippen molar-refractivity contribution in [1.82, 2.24) is 5.32 Å². The van der Waals surface area contributed by atoms with Crippen LogP contribution in [0.3, 0.4) is 0 Å². The third kappa shape index (κ3) is 4.42. The van der Waals surface area contributed by atoms with E-state index in [-0.39, 0.29) is 23.8 Å². The second-order valence-electron chi connectivity index (χ2n) is 9.86. The van der Waals surface area contributed by atoms with Gasteiger partial charge in [0, 0.05) is 27.9 Å². The number of benzene rings is 1. The molecule has 1 amide bonds. The van der Waals surface area contributed by atoms with E-state index in [1.165, 1.54) is 6.42 Å². The number of amides is 1. The second kappa shape index (κ2) is 9.26. The number of carbonyl (C=O) groups is 2. The monoisotopic (exact) mass is 455 g/mol. The molecule has 0 radical (unpaired) electrons. The fourth-order valence-electron chi connectivity index (χ4n) is 5.67. The first-order valence-electron chi connectivity index (χ1n) is 11.5. The van der Waals surface area contributed by atoms with Crippen LogP contribution in [0.15, 0.2) is 35.7 Å². The molecular formula is C26H33NO4S. The zero-order valence-electron chi connectivity index (χ0n) is 19.1. The van der Waals surface area contributed by atoms with Crippen molar-refractivity contribution in [2.75, 3.05) is 7.11 Å². The van der Waals surface area contributed by atoms with E-state index in [0.29, 0.717) is 18.3 Å². The van der Waals surface area contributed by atoms with Crippen molar-refractivity contribution in [1.29, 1.82) is 0 Å². The smallest absolute Gasteiger partial charge is 0.303 e. The molecular weight excluding hydrogens is 422 g/mol. The number of rotatable bonds is 9. The zero-order chi connectivity index (χ0) is 22.9. The Bertz CT molecular complexity index is 1020. The van der Waals surface area contributed by atoms with Crippen LogP contribution in [0.4, 0.5) is 0 Å². The minimum Gasteiger partial charge on any atom is -0.497 e. The molecule has 172 valence electrons. The predicted molar refractivity (Wildman–Crippen MR) is 128 cm³/mol. The molecule has 3 fully saturated rings. The van der Waals surface area contributed by atoms with Gasteiger partial charge in [-0.05, 0) is 73.5 Å². The molecule has 32 heavy (non-hydrogen) atoms. The van der Waals surface area contributed by atoms with E-state index in [1.807, 2.05) is 23.6 Å². The summed E-state index contributed by atoms with van der Waals surface area (Å²) in [5, 5.41) is 15.1. The van der Waals surface area contributed by atoms with Gasteiger partial charge in [0.15, 0.2) is 0 Å². The summed E-state index contributed by atoms with van der Waals surface area (Å²) >= 11 is 1.59. The minimum absolute atomic E-state index is 0.00564. The standard InChI is InChI=1S/C26H33NO4S/c1-26(2)17-12-16(8-6-4-5-7-9-23(28)29)24(21(26)13-17)27-25(30)20-15-32-22-11-10-18(31-3)14-19(20)22/h4,6,10-11,14-17,21,24H,5,7-9,12-13H2,1-3H3,(H,27,30)(H,28,29)/t16-,17-,21-,24+/m1/s1. The third-order valence-corrected chi connectivity index (χ3v) is 8.73. The molecule has 3 saturated carbocycles. The summed E-state index contributed by atoms with van der Waals surface area (Å²) in [6, 6.07) is 6.04. The molecule has 2 N–H and O–H groups in total. The van der Waals surface area contributed by atoms with Crippen LogP contribution >= 0.6 is 11.3 Å². The third-order valence-electron chi connectivity index (χ3n) is 7.76. The average Bonchev–Trinajstić information content (AvgIpc) is 3.19. The van der Waals surface area contributed by atoms with Crippen LogP contribution in [0.2, 0.25) is 0 Å². The van der Waals surface area contributed by atoms with Gasteiger partial charge in [-0.1, -0.05) is 26.0 Å². The van der Waals surface area contributed by atoms with Gasteiger partial charge in [0.05, 0.1) is 12.7 Å². The van der Waals surface area contributed by atoms with E-state index >= 15 is 0 Å². The number of methoxy groups -OCH3 is 1. The van der Waals surface area contributed by atoms with Crippen LogP contribution in [0, 0.1) is 23.2 Å². The molecule has 0 unspecified atom stereocenters. The highest BCUT2D eigenvalue weighted by molar-refractivity contribution is 7.17. The first kappa shape index (κ1) is 22.8. The number of ether oxygens (including phenoxy) is 1. The topological polar surface area (TPSA) is 75.6 Å². The Morgan fingerprint density at radius 1 is 1.28 bits per heavy atom. The van der Waals surface area contributed by atoms with Crippen LogP contribution in [0.25, 0.3) is 10.1 Å². The van der Waals surface area contributed by atoms with Crippen molar-refractivity contribution in [2.45, 2.75) is 58.4 Å². The summed E-state index contributed by atoms with van der Waals surface area (Å²) in [6.45, 7) is 4.68. The number of carboxylic acid groups (broad SMARTS) is 1. The lowest BCUT2D eigenvalue weighted by Gasteiger charge is -2.62. The number of aliphatic carboxylic acids is 1. The maximum atomic E-state index is 13.4. The summed E-state index contributed by atoms with van der Waals surface area (Å²) in [7, 11) is 1.64. The Labute approximate surface area is 193 Å². The quantitative estimate of drug-likeness (QED) is 0.365. The highest BCUT2D eigenvalue weighted by Gasteiger charge is 2.57. The molecule has 2 bridgehead atoms. The maximum Gasteiger partial charge on any atom is 0.303 e. The van der Waals surface area contributed by atoms with Gasteiger partial charge in [-0.2, -0.15) is 0 Å². The molecule has 0 aliphatic heterocycles. The lowest BCUT2D eigenvalue weighted by Crippen LogP contribution is -2.63. The van der Waals surface area contributed by atoms with Gasteiger partial charge in [-0.25, -0.2) is 0 Å². The molecule has 5 rings (SSSR count). The first-order valence-corrected chi connectivity index (χ1v) is 12.4. The van der Waals surface area contributed by atoms with Gasteiger partial charge in [0.1, 0.15) is 5.75 Å². The van der Waals surface area contributed by atoms with E-state index in [9.17, 15) is 9.59 Å². The van der Waals surface area contributed by atoms with E-state index in [4.69, 9.17) is 9.84 Å². The molecule has 3 aliphatic carbocycles. The largest absolute Gasteiger partial charge is 0.497 e. The lowest BCUT2D eigenvalue weighted by atomic mass is 9.44. The number of nitrogens with one attached hydrogen (secondary N) is 1. The molecule has 2 aromatic rings. The molecule has 1 heterocycles. The summed E-state index contributed by atoms with van der Waals surface area (Å²) in [5.41, 5.74) is 0.991. The number of carbonyl (C=O) groups excluding carboxylic acids is 1. The minimum atomic E-state index is -0.741. The number of unbranched alkanes of at least 4 members (excludes halogenated alkanes) is 1. The van der Waals surface area contributed by atoms with Crippen molar-refractivity contribution in [3.63, 3.8) is 0 Å². The van der Waals surface area contributed by atoms with E-state index in [1.54, 1.807) is 18.4 Å². The number of carboxylic acids is 1. The molecule has 1 aromatic carbocycles. The van der Waals surface area contributed by atoms with Crippen LogP contribution in [-0.2, 0) is 4.79 Å². The van der Waals surface area contributed by atoms with Crippen molar-refractivity contribution in [3.05, 3.63) is 41.3 Å². The Morgan fingerprint density at radius 3 is 2.81 bits per heavy atom. The predicted octanol–water partition coefficient (Wildman–Crippen LogP) is 5.89. The average molecular weight is 456 g/mol. The van der Waals surface area contributed by atoms with E-state index in [2.05, 4.69) is 31.3 Å². The summed E-state index contributed by atoms with van der Waals surface area (Å²) in [6.07, 6.45) is 9.21. The number of thiophene rings is 1. The number of hydrogen-bond acceptors (Lipinski definition) is 4. The van der Waals surface area contributed by atoms with Gasteiger partial charge in [-0.3, -0.25) is 9.59 Å². The van der Waals surface area contributed by atoms with Crippen molar-refractivity contribution in [2.24, 2.45) is 23.2 Å². The molecule has 5 nitrogen and oxygen atoms in total. The van der Waals surface area contributed by atoms with Crippen molar-refractivity contribution in [3.8, 4) is 5.75 Å². The molecule has 4 atom stereocenters. The first-order chi connectivity index (χ1) is 15.3. The number of allylic oxidation sites excluding steroid dienone is 2. The van der Waals surface area contributed by atoms with Crippen LogP contribution in [-0.4, -0.2) is 30.1 Å². The lowest BCUT2D eigenvalue weighted by molar-refractivity contribution is -0.137. The Morgan fingerprint density at radius 2 is 2.09 bits per heavy atom. The summed E-state index contributed by atoms with van der Waals surface area (Å²) in [5.74, 6) is 1.66. The van der Waals surface area contributed by atoms with Crippen LogP contribution in [0.5, 0.6) is 5.75 Å². The van der Waals surface area contributed by atoms with E-state index < -0.39 is 5.97 Å². The second-order valence-corrected chi connectivity index (χ2v) is 10.8. The molecule has 3 aliphatic rings. The van der Waals surface area contributed by atoms with Gasteiger partial charge >= 0.3 is 5.97 Å². The van der Waals surface area contributed by atoms with Gasteiger partial charge < -0.3 is 15.2 Å². The summed E-state index contributed by atoms with van der Waals surface area (Å²) < 4.78 is 6.45. The van der Waals surface area contributed by atoms with Crippen LogP contribution in [0.1, 0.15) is 62.7 Å². The van der Waals surface area contributed by atoms with Crippen molar-refractivity contribution < 1.29 is 19.4 Å². The molecule has 1 aromatic heterocycles. The summed E-state index contributed by atoms with van der Waals surface area (Å²) in [4.78, 5) is 24.0. The Hall–Kier alpha value is -2.34. The fourth-order valence-corrected chi connectivity index (χ4v) is 6.59. The molecule has 0 saturated heterocycles. The fraction of sp³-hybridized carbons (Fsp3) is 0.538. The number of hydrogen-bond donors (Lipinski definition) is 2. The number of fused-ring (bicyclic) bond motifs is 3. The molecule has 6 heteroatoms. The normalized spacial score (nSPS) is 26.1. The highest BCUT2D eigenvalue weighted by atomic mass is 32.1. The van der Waals surface area contributed by atoms with Crippen molar-refractivity contribution >= 4 is 33.3 Å². The van der Waals surface area contributed by atoms with Gasteiger partial charge in [0.2, 0.25) is 0 Å². The maximum absolute atomic E-state index is 13.4. The van der Waals surface area contributed by atoms with E-state index in [0.717, 1.165) is 46.6 Å². The Kier molecular flexibility index (Phi) is 6.61. The van der Waals surface area contributed by atoms with Gasteiger partial charge in [-0.15, -0.1) is 11.3 Å². The Balaban J connectivity index is 1.47. The van der Waals surface area contributed by atoms with Crippen LogP contribution < -0.4 is 10.1 Å². The highest BCUT2D eigenvalue weighted by Crippen LogP contribution is 2.61. The molecule has 0 spiro atoms. The van der Waals surface area contributed by atoms with Gasteiger partial charge in [0.25, 0.3) is 5.91 Å².